The van der Waals surface area contributed by atoms with Crippen molar-refractivity contribution in [2.75, 3.05) is 0 Å². The summed E-state index contributed by atoms with van der Waals surface area (Å²) in [6.07, 6.45) is 7.86. The van der Waals surface area contributed by atoms with Gasteiger partial charge in [-0.05, 0) is 37.7 Å². The van der Waals surface area contributed by atoms with Crippen molar-refractivity contribution in [3.63, 3.8) is 0 Å². The van der Waals surface area contributed by atoms with Crippen molar-refractivity contribution in [3.8, 4) is 0 Å². The zero-order chi connectivity index (χ0) is 11.4. The zero-order valence-electron chi connectivity index (χ0n) is 10.1. The van der Waals surface area contributed by atoms with Crippen LogP contribution in [0.1, 0.15) is 43.2 Å². The van der Waals surface area contributed by atoms with Gasteiger partial charge in [0, 0.05) is 5.38 Å². The van der Waals surface area contributed by atoms with E-state index in [4.69, 9.17) is 11.6 Å². The first-order valence-electron chi connectivity index (χ1n) is 6.45. The highest BCUT2D eigenvalue weighted by molar-refractivity contribution is 6.20. The van der Waals surface area contributed by atoms with Gasteiger partial charge < -0.3 is 0 Å². The molecule has 1 fully saturated rings. The molecule has 0 saturated heterocycles. The molecule has 0 nitrogen and oxygen atoms in total. The van der Waals surface area contributed by atoms with E-state index in [-0.39, 0.29) is 0 Å². The Balaban J connectivity index is 1.90. The third-order valence-electron chi connectivity index (χ3n) is 3.71. The van der Waals surface area contributed by atoms with Gasteiger partial charge in [-0.25, -0.2) is 0 Å². The fourth-order valence-electron chi connectivity index (χ4n) is 2.61. The molecule has 16 heavy (non-hydrogen) atoms. The van der Waals surface area contributed by atoms with Crippen molar-refractivity contribution in [2.45, 2.75) is 50.8 Å². The summed E-state index contributed by atoms with van der Waals surface area (Å²) < 4.78 is 0. The number of benzene rings is 1. The Morgan fingerprint density at radius 2 is 1.75 bits per heavy atom. The topological polar surface area (TPSA) is 0 Å². The Morgan fingerprint density at radius 1 is 1.12 bits per heavy atom. The summed E-state index contributed by atoms with van der Waals surface area (Å²) in [6.45, 7) is 2.13. The Labute approximate surface area is 104 Å². The second kappa shape index (κ2) is 5.72. The fraction of sp³-hybridized carbons (Fsp3) is 0.600. The molecule has 0 amide bonds. The molecule has 1 aromatic carbocycles. The quantitative estimate of drug-likeness (QED) is 0.666. The Kier molecular flexibility index (Phi) is 4.29. The van der Waals surface area contributed by atoms with E-state index in [2.05, 4.69) is 31.2 Å². The van der Waals surface area contributed by atoms with E-state index < -0.39 is 0 Å². The molecule has 0 spiro atoms. The average Bonchev–Trinajstić information content (AvgIpc) is 2.33. The summed E-state index contributed by atoms with van der Waals surface area (Å²) in [5.41, 5.74) is 2.71. The average molecular weight is 237 g/mol. The zero-order valence-corrected chi connectivity index (χ0v) is 10.8. The summed E-state index contributed by atoms with van der Waals surface area (Å²) in [4.78, 5) is 0. The Bertz CT molecular complexity index is 309. The summed E-state index contributed by atoms with van der Waals surface area (Å²) in [5.74, 6) is 0.747. The molecule has 0 aromatic heterocycles. The van der Waals surface area contributed by atoms with Gasteiger partial charge >= 0.3 is 0 Å². The second-order valence-electron chi connectivity index (χ2n) is 5.10. The molecule has 1 aromatic rings. The van der Waals surface area contributed by atoms with E-state index in [0.29, 0.717) is 5.38 Å². The van der Waals surface area contributed by atoms with Gasteiger partial charge in [0.15, 0.2) is 0 Å². The van der Waals surface area contributed by atoms with Gasteiger partial charge in [-0.1, -0.05) is 49.1 Å². The molecule has 1 atom stereocenters. The summed E-state index contributed by atoms with van der Waals surface area (Å²) in [7, 11) is 0. The van der Waals surface area contributed by atoms with Crippen molar-refractivity contribution in [3.05, 3.63) is 35.4 Å². The molecule has 1 saturated carbocycles. The number of hydrogen-bond acceptors (Lipinski definition) is 0. The minimum absolute atomic E-state index is 0.336. The number of halogens is 1. The van der Waals surface area contributed by atoms with Crippen molar-refractivity contribution >= 4 is 11.6 Å². The smallest absolute Gasteiger partial charge is 0.0404 e. The molecule has 0 N–H and O–H groups in total. The first kappa shape index (κ1) is 12.0. The maximum absolute atomic E-state index is 6.53. The lowest BCUT2D eigenvalue weighted by molar-refractivity contribution is 0.344. The third-order valence-corrected chi connectivity index (χ3v) is 4.22. The van der Waals surface area contributed by atoms with E-state index >= 15 is 0 Å². The lowest BCUT2D eigenvalue weighted by Gasteiger charge is -2.26. The van der Waals surface area contributed by atoms with Gasteiger partial charge in [0.2, 0.25) is 0 Å². The lowest BCUT2D eigenvalue weighted by Crippen LogP contribution is -2.20. The van der Waals surface area contributed by atoms with Gasteiger partial charge in [-0.3, -0.25) is 0 Å². The molecule has 88 valence electrons. The molecule has 0 aliphatic heterocycles. The minimum atomic E-state index is 0.336. The summed E-state index contributed by atoms with van der Waals surface area (Å²) >= 11 is 6.53. The van der Waals surface area contributed by atoms with Gasteiger partial charge in [0.25, 0.3) is 0 Å². The van der Waals surface area contributed by atoms with Crippen molar-refractivity contribution in [1.82, 2.24) is 0 Å². The van der Waals surface area contributed by atoms with E-state index in [0.717, 1.165) is 12.3 Å². The van der Waals surface area contributed by atoms with Crippen molar-refractivity contribution < 1.29 is 0 Å². The summed E-state index contributed by atoms with van der Waals surface area (Å²) in [6, 6.07) is 8.79. The fourth-order valence-corrected chi connectivity index (χ4v) is 3.04. The molecule has 1 heteroatoms. The highest BCUT2D eigenvalue weighted by Gasteiger charge is 2.21. The molecule has 1 unspecified atom stereocenters. The molecular weight excluding hydrogens is 216 g/mol. The van der Waals surface area contributed by atoms with Crippen LogP contribution in [-0.2, 0) is 6.42 Å². The first-order chi connectivity index (χ1) is 7.75. The van der Waals surface area contributed by atoms with Gasteiger partial charge in [-0.15, -0.1) is 11.6 Å². The third kappa shape index (κ3) is 3.25. The predicted octanol–water partition coefficient (Wildman–Crippen LogP) is 4.73. The maximum Gasteiger partial charge on any atom is 0.0404 e. The SMILES string of the molecule is Cc1ccc(CC(Cl)C2CCCCC2)cc1. The molecular formula is C15H21Cl. The standard InChI is InChI=1S/C15H21Cl/c1-12-7-9-13(10-8-12)11-15(16)14-5-3-2-4-6-14/h7-10,14-15H,2-6,11H2,1H3. The number of aryl methyl sites for hydroxylation is 1. The number of hydrogen-bond donors (Lipinski definition) is 0. The van der Waals surface area contributed by atoms with Crippen molar-refractivity contribution in [1.29, 1.82) is 0 Å². The maximum atomic E-state index is 6.53. The van der Waals surface area contributed by atoms with E-state index in [1.807, 2.05) is 0 Å². The first-order valence-corrected chi connectivity index (χ1v) is 6.89. The Hall–Kier alpha value is -0.490. The highest BCUT2D eigenvalue weighted by atomic mass is 35.5. The predicted molar refractivity (Wildman–Crippen MR) is 71.1 cm³/mol. The van der Waals surface area contributed by atoms with Crippen LogP contribution in [0, 0.1) is 12.8 Å². The lowest BCUT2D eigenvalue weighted by atomic mass is 9.85. The second-order valence-corrected chi connectivity index (χ2v) is 5.66. The number of rotatable bonds is 3. The molecule has 0 heterocycles. The van der Waals surface area contributed by atoms with Crippen LogP contribution in [0.5, 0.6) is 0 Å². The molecule has 2 rings (SSSR count). The summed E-state index contributed by atoms with van der Waals surface area (Å²) in [5, 5.41) is 0.336. The van der Waals surface area contributed by atoms with Crippen LogP contribution < -0.4 is 0 Å². The minimum Gasteiger partial charge on any atom is -0.122 e. The van der Waals surface area contributed by atoms with Crippen LogP contribution in [0.2, 0.25) is 0 Å². The van der Waals surface area contributed by atoms with E-state index in [9.17, 15) is 0 Å². The van der Waals surface area contributed by atoms with E-state index in [1.165, 1.54) is 43.2 Å². The van der Waals surface area contributed by atoms with Crippen LogP contribution in [0.4, 0.5) is 0 Å². The van der Waals surface area contributed by atoms with Crippen LogP contribution in [0.25, 0.3) is 0 Å². The molecule has 1 aliphatic rings. The van der Waals surface area contributed by atoms with Crippen LogP contribution in [0.15, 0.2) is 24.3 Å². The van der Waals surface area contributed by atoms with Crippen molar-refractivity contribution in [2.24, 2.45) is 5.92 Å². The van der Waals surface area contributed by atoms with Crippen LogP contribution >= 0.6 is 11.6 Å². The number of alkyl halides is 1. The normalized spacial score (nSPS) is 19.6. The Morgan fingerprint density at radius 3 is 2.38 bits per heavy atom. The highest BCUT2D eigenvalue weighted by Crippen LogP contribution is 2.30. The van der Waals surface area contributed by atoms with E-state index in [1.54, 1.807) is 0 Å². The van der Waals surface area contributed by atoms with Gasteiger partial charge in [0.05, 0.1) is 0 Å². The molecule has 1 aliphatic carbocycles. The van der Waals surface area contributed by atoms with Crippen LogP contribution in [0.3, 0.4) is 0 Å². The monoisotopic (exact) mass is 236 g/mol. The van der Waals surface area contributed by atoms with Gasteiger partial charge in [0.1, 0.15) is 0 Å². The van der Waals surface area contributed by atoms with Gasteiger partial charge in [-0.2, -0.15) is 0 Å². The molecule has 0 bridgehead atoms. The molecule has 0 radical (unpaired) electrons. The largest absolute Gasteiger partial charge is 0.122 e. The van der Waals surface area contributed by atoms with Crippen LogP contribution in [-0.4, -0.2) is 5.38 Å².